The molecule has 3 saturated carbocycles. The molecule has 0 heterocycles. The lowest BCUT2D eigenvalue weighted by molar-refractivity contribution is 0.0605. The van der Waals surface area contributed by atoms with Crippen molar-refractivity contribution in [1.29, 1.82) is 0 Å². The zero-order chi connectivity index (χ0) is 15.2. The Kier molecular flexibility index (Phi) is 7.10. The van der Waals surface area contributed by atoms with Gasteiger partial charge in [-0.05, 0) is 80.5 Å². The van der Waals surface area contributed by atoms with Crippen LogP contribution in [0.2, 0.25) is 0 Å². The van der Waals surface area contributed by atoms with Gasteiger partial charge in [-0.3, -0.25) is 0 Å². The number of fused-ring (bicyclic) bond motifs is 1. The topological polar surface area (TPSA) is 0 Å². The van der Waals surface area contributed by atoms with Crippen molar-refractivity contribution in [2.45, 2.75) is 98.3 Å². The monoisotopic (exact) mass is 292 g/mol. The summed E-state index contributed by atoms with van der Waals surface area (Å²) in [4.78, 5) is 0. The van der Waals surface area contributed by atoms with Gasteiger partial charge in [-0.15, -0.1) is 0 Å². The van der Waals surface area contributed by atoms with Crippen molar-refractivity contribution in [2.24, 2.45) is 35.5 Å². The zero-order valence-electron chi connectivity index (χ0n) is 15.2. The van der Waals surface area contributed by atoms with Crippen LogP contribution in [0, 0.1) is 35.5 Å². The standard InChI is InChI=1S/C19H34.C2H6/c1-3-15-6-9-19-13-18(11-10-17(19)12-15)16-7-4-14(2)5-8-16;1-2/h14-19H,3-13H2,1-2H3;1-2H3. The summed E-state index contributed by atoms with van der Waals surface area (Å²) in [6.45, 7) is 8.86. The van der Waals surface area contributed by atoms with Gasteiger partial charge in [-0.2, -0.15) is 0 Å². The maximum absolute atomic E-state index is 2.46. The fraction of sp³-hybridized carbons (Fsp3) is 1.00. The second-order valence-corrected chi connectivity index (χ2v) is 8.20. The van der Waals surface area contributed by atoms with Crippen molar-refractivity contribution in [3.05, 3.63) is 0 Å². The first-order chi connectivity index (χ1) is 10.3. The Morgan fingerprint density at radius 2 is 1.10 bits per heavy atom. The second kappa shape index (κ2) is 8.59. The summed E-state index contributed by atoms with van der Waals surface area (Å²) in [7, 11) is 0. The largest absolute Gasteiger partial charge is 0.0683 e. The van der Waals surface area contributed by atoms with Gasteiger partial charge in [0.1, 0.15) is 0 Å². The van der Waals surface area contributed by atoms with Crippen LogP contribution in [0.1, 0.15) is 98.3 Å². The minimum absolute atomic E-state index is 1.02. The average Bonchev–Trinajstić information content (AvgIpc) is 2.56. The first kappa shape index (κ1) is 17.4. The molecule has 0 nitrogen and oxygen atoms in total. The number of hydrogen-bond donors (Lipinski definition) is 0. The van der Waals surface area contributed by atoms with E-state index in [0.29, 0.717) is 0 Å². The highest BCUT2D eigenvalue weighted by molar-refractivity contribution is 4.88. The highest BCUT2D eigenvalue weighted by atomic mass is 14.4. The third kappa shape index (κ3) is 4.49. The highest BCUT2D eigenvalue weighted by Crippen LogP contribution is 2.49. The molecule has 0 amide bonds. The first-order valence-electron chi connectivity index (χ1n) is 10.3. The van der Waals surface area contributed by atoms with E-state index in [1.807, 2.05) is 13.8 Å². The Morgan fingerprint density at radius 3 is 1.71 bits per heavy atom. The molecule has 4 atom stereocenters. The van der Waals surface area contributed by atoms with Crippen LogP contribution >= 0.6 is 0 Å². The molecule has 3 rings (SSSR count). The molecule has 3 fully saturated rings. The van der Waals surface area contributed by atoms with Gasteiger partial charge in [0.05, 0.1) is 0 Å². The summed E-state index contributed by atoms with van der Waals surface area (Å²) in [5.41, 5.74) is 0. The number of rotatable bonds is 2. The van der Waals surface area contributed by atoms with Crippen LogP contribution in [0.3, 0.4) is 0 Å². The summed E-state index contributed by atoms with van der Waals surface area (Å²) in [6.07, 6.45) is 17.1. The zero-order valence-corrected chi connectivity index (χ0v) is 15.2. The van der Waals surface area contributed by atoms with Gasteiger partial charge in [-0.1, -0.05) is 53.4 Å². The molecule has 124 valence electrons. The van der Waals surface area contributed by atoms with Crippen LogP contribution < -0.4 is 0 Å². The van der Waals surface area contributed by atoms with Gasteiger partial charge in [0, 0.05) is 0 Å². The van der Waals surface area contributed by atoms with Gasteiger partial charge in [0.15, 0.2) is 0 Å². The van der Waals surface area contributed by atoms with Gasteiger partial charge in [0.2, 0.25) is 0 Å². The van der Waals surface area contributed by atoms with Crippen molar-refractivity contribution < 1.29 is 0 Å². The molecular weight excluding hydrogens is 252 g/mol. The fourth-order valence-electron chi connectivity index (χ4n) is 5.58. The summed E-state index contributed by atoms with van der Waals surface area (Å²) in [5, 5.41) is 0. The van der Waals surface area contributed by atoms with Crippen LogP contribution in [-0.4, -0.2) is 0 Å². The maximum Gasteiger partial charge on any atom is -0.0383 e. The predicted molar refractivity (Wildman–Crippen MR) is 94.4 cm³/mol. The maximum atomic E-state index is 2.46. The Morgan fingerprint density at radius 1 is 0.619 bits per heavy atom. The van der Waals surface area contributed by atoms with Crippen molar-refractivity contribution >= 4 is 0 Å². The van der Waals surface area contributed by atoms with Crippen molar-refractivity contribution in [3.8, 4) is 0 Å². The average molecular weight is 293 g/mol. The lowest BCUT2D eigenvalue weighted by Gasteiger charge is -2.45. The van der Waals surface area contributed by atoms with Crippen molar-refractivity contribution in [1.82, 2.24) is 0 Å². The Labute approximate surface area is 134 Å². The van der Waals surface area contributed by atoms with Gasteiger partial charge >= 0.3 is 0 Å². The molecule has 0 saturated heterocycles. The van der Waals surface area contributed by atoms with E-state index in [2.05, 4.69) is 13.8 Å². The summed E-state index contributed by atoms with van der Waals surface area (Å²) in [5.74, 6) is 6.58. The van der Waals surface area contributed by atoms with E-state index in [1.165, 1.54) is 19.3 Å². The Bertz CT molecular complexity index is 274. The smallest absolute Gasteiger partial charge is 0.0383 e. The molecule has 0 aromatic heterocycles. The third-order valence-electron chi connectivity index (χ3n) is 7.07. The molecule has 0 spiro atoms. The molecule has 0 aromatic rings. The lowest BCUT2D eigenvalue weighted by atomic mass is 9.61. The van der Waals surface area contributed by atoms with E-state index in [4.69, 9.17) is 0 Å². The molecule has 0 aromatic carbocycles. The van der Waals surface area contributed by atoms with E-state index < -0.39 is 0 Å². The lowest BCUT2D eigenvalue weighted by Crippen LogP contribution is -2.34. The minimum Gasteiger partial charge on any atom is -0.0683 e. The van der Waals surface area contributed by atoms with Crippen molar-refractivity contribution in [2.75, 3.05) is 0 Å². The fourth-order valence-corrected chi connectivity index (χ4v) is 5.58. The van der Waals surface area contributed by atoms with Crippen LogP contribution in [0.25, 0.3) is 0 Å². The number of hydrogen-bond acceptors (Lipinski definition) is 0. The van der Waals surface area contributed by atoms with E-state index >= 15 is 0 Å². The second-order valence-electron chi connectivity index (χ2n) is 8.20. The molecule has 0 radical (unpaired) electrons. The molecule has 21 heavy (non-hydrogen) atoms. The van der Waals surface area contributed by atoms with E-state index in [9.17, 15) is 0 Å². The van der Waals surface area contributed by atoms with E-state index in [1.54, 1.807) is 51.4 Å². The highest BCUT2D eigenvalue weighted by Gasteiger charge is 2.37. The van der Waals surface area contributed by atoms with Crippen molar-refractivity contribution in [3.63, 3.8) is 0 Å². The molecule has 0 aliphatic heterocycles. The molecular formula is C21H40. The van der Waals surface area contributed by atoms with Crippen LogP contribution in [0.4, 0.5) is 0 Å². The van der Waals surface area contributed by atoms with Gasteiger partial charge in [-0.25, -0.2) is 0 Å². The molecule has 0 bridgehead atoms. The summed E-state index contributed by atoms with van der Waals surface area (Å²) < 4.78 is 0. The normalized spacial score (nSPS) is 43.4. The SMILES string of the molecule is CC.CCC1CCC2CC(C3CCC(C)CC3)CCC2C1. The summed E-state index contributed by atoms with van der Waals surface area (Å²) >= 11 is 0. The van der Waals surface area contributed by atoms with Gasteiger partial charge < -0.3 is 0 Å². The predicted octanol–water partition coefficient (Wildman–Crippen LogP) is 7.08. The molecule has 3 aliphatic carbocycles. The Balaban J connectivity index is 0.000000774. The molecule has 3 aliphatic rings. The molecule has 4 unspecified atom stereocenters. The first-order valence-corrected chi connectivity index (χ1v) is 10.3. The quantitative estimate of drug-likeness (QED) is 0.510. The van der Waals surface area contributed by atoms with E-state index in [-0.39, 0.29) is 0 Å². The van der Waals surface area contributed by atoms with Crippen LogP contribution in [0.15, 0.2) is 0 Å². The third-order valence-corrected chi connectivity index (χ3v) is 7.07. The van der Waals surface area contributed by atoms with Crippen LogP contribution in [-0.2, 0) is 0 Å². The molecule has 0 N–H and O–H groups in total. The summed E-state index contributed by atoms with van der Waals surface area (Å²) in [6, 6.07) is 0. The van der Waals surface area contributed by atoms with Crippen LogP contribution in [0.5, 0.6) is 0 Å². The Hall–Kier alpha value is 0. The molecule has 0 heteroatoms. The van der Waals surface area contributed by atoms with E-state index in [0.717, 1.165) is 35.5 Å². The minimum atomic E-state index is 1.02. The van der Waals surface area contributed by atoms with Gasteiger partial charge in [0.25, 0.3) is 0 Å².